The van der Waals surface area contributed by atoms with Gasteiger partial charge in [-0.25, -0.2) is 0 Å². The minimum absolute atomic E-state index is 0.0242. The summed E-state index contributed by atoms with van der Waals surface area (Å²) in [5.74, 6) is 0.510. The van der Waals surface area contributed by atoms with Crippen LogP contribution in [-0.4, -0.2) is 23.9 Å². The molecule has 0 bridgehead atoms. The zero-order valence-electron chi connectivity index (χ0n) is 11.6. The fourth-order valence-electron chi connectivity index (χ4n) is 2.46. The van der Waals surface area contributed by atoms with Gasteiger partial charge in [0, 0.05) is 18.2 Å². The van der Waals surface area contributed by atoms with E-state index >= 15 is 0 Å². The summed E-state index contributed by atoms with van der Waals surface area (Å²) in [5.41, 5.74) is 0.324. The second kappa shape index (κ2) is 7.38. The lowest BCUT2D eigenvalue weighted by Gasteiger charge is -2.22. The van der Waals surface area contributed by atoms with E-state index in [9.17, 15) is 14.9 Å². The van der Waals surface area contributed by atoms with Crippen LogP contribution in [0.25, 0.3) is 0 Å². The molecule has 0 aromatic heterocycles. The Hall–Kier alpha value is -1.66. The largest absolute Gasteiger partial charge is 0.326 e. The van der Waals surface area contributed by atoms with Gasteiger partial charge < -0.3 is 10.6 Å². The monoisotopic (exact) mass is 311 g/mol. The third-order valence-electron chi connectivity index (χ3n) is 3.67. The van der Waals surface area contributed by atoms with Gasteiger partial charge >= 0.3 is 0 Å². The molecule has 2 rings (SSSR count). The number of halogens is 1. The van der Waals surface area contributed by atoms with Crippen LogP contribution in [-0.2, 0) is 4.79 Å². The summed E-state index contributed by atoms with van der Waals surface area (Å²) in [6.45, 7) is 2.04. The van der Waals surface area contributed by atoms with Crippen LogP contribution in [0.2, 0.25) is 5.02 Å². The predicted molar refractivity (Wildman–Crippen MR) is 81.6 cm³/mol. The molecule has 1 amide bonds. The average Bonchev–Trinajstić information content (AvgIpc) is 2.46. The number of amides is 1. The van der Waals surface area contributed by atoms with Crippen molar-refractivity contribution in [2.24, 2.45) is 5.92 Å². The standard InChI is InChI=1S/C14H18ClN3O3/c15-12-9-11(2-3-13(12)18(20)21)17-14(19)4-1-10-5-7-16-8-6-10/h2-3,9-10,16H,1,4-8H2,(H,17,19). The van der Waals surface area contributed by atoms with Gasteiger partial charge in [-0.2, -0.15) is 0 Å². The van der Waals surface area contributed by atoms with E-state index in [1.54, 1.807) is 0 Å². The number of piperidine rings is 1. The summed E-state index contributed by atoms with van der Waals surface area (Å²) in [6, 6.07) is 4.19. The Kier molecular flexibility index (Phi) is 5.52. The molecular weight excluding hydrogens is 294 g/mol. The van der Waals surface area contributed by atoms with Crippen molar-refractivity contribution >= 4 is 28.9 Å². The number of hydrogen-bond acceptors (Lipinski definition) is 4. The maximum absolute atomic E-state index is 11.9. The molecule has 0 radical (unpaired) electrons. The van der Waals surface area contributed by atoms with Crippen molar-refractivity contribution in [3.63, 3.8) is 0 Å². The number of nitro groups is 1. The summed E-state index contributed by atoms with van der Waals surface area (Å²) in [6.07, 6.45) is 3.54. The second-order valence-electron chi connectivity index (χ2n) is 5.20. The average molecular weight is 312 g/mol. The Morgan fingerprint density at radius 1 is 1.43 bits per heavy atom. The van der Waals surface area contributed by atoms with Gasteiger partial charge in [-0.3, -0.25) is 14.9 Å². The van der Waals surface area contributed by atoms with Gasteiger partial charge in [0.25, 0.3) is 5.69 Å². The lowest BCUT2D eigenvalue weighted by atomic mass is 9.93. The van der Waals surface area contributed by atoms with Crippen molar-refractivity contribution in [3.8, 4) is 0 Å². The van der Waals surface area contributed by atoms with Crippen molar-refractivity contribution < 1.29 is 9.72 Å². The van der Waals surface area contributed by atoms with Crippen LogP contribution in [0.1, 0.15) is 25.7 Å². The summed E-state index contributed by atoms with van der Waals surface area (Å²) in [5, 5.41) is 16.7. The zero-order valence-corrected chi connectivity index (χ0v) is 12.4. The highest BCUT2D eigenvalue weighted by Crippen LogP contribution is 2.27. The third-order valence-corrected chi connectivity index (χ3v) is 3.97. The molecular formula is C14H18ClN3O3. The van der Waals surface area contributed by atoms with E-state index in [2.05, 4.69) is 10.6 Å². The van der Waals surface area contributed by atoms with Gasteiger partial charge in [0.2, 0.25) is 5.91 Å². The van der Waals surface area contributed by atoms with Crippen LogP contribution in [0.15, 0.2) is 18.2 Å². The molecule has 0 spiro atoms. The molecule has 0 unspecified atom stereocenters. The first kappa shape index (κ1) is 15.7. The normalized spacial score (nSPS) is 15.7. The topological polar surface area (TPSA) is 84.3 Å². The number of carbonyl (C=O) groups excluding carboxylic acids is 1. The van der Waals surface area contributed by atoms with E-state index in [-0.39, 0.29) is 16.6 Å². The van der Waals surface area contributed by atoms with Crippen LogP contribution in [0.5, 0.6) is 0 Å². The van der Waals surface area contributed by atoms with E-state index < -0.39 is 4.92 Å². The molecule has 6 nitrogen and oxygen atoms in total. The molecule has 114 valence electrons. The summed E-state index contributed by atoms with van der Waals surface area (Å²) >= 11 is 5.81. The fourth-order valence-corrected chi connectivity index (χ4v) is 2.71. The molecule has 0 saturated carbocycles. The van der Waals surface area contributed by atoms with E-state index in [1.165, 1.54) is 18.2 Å². The van der Waals surface area contributed by atoms with E-state index in [0.29, 0.717) is 18.0 Å². The fraction of sp³-hybridized carbons (Fsp3) is 0.500. The smallest absolute Gasteiger partial charge is 0.288 e. The lowest BCUT2D eigenvalue weighted by molar-refractivity contribution is -0.384. The van der Waals surface area contributed by atoms with Gasteiger partial charge in [-0.05, 0) is 50.4 Å². The molecule has 0 atom stereocenters. The van der Waals surface area contributed by atoms with Crippen molar-refractivity contribution in [2.75, 3.05) is 18.4 Å². The van der Waals surface area contributed by atoms with Gasteiger partial charge in [0.1, 0.15) is 5.02 Å². The maximum atomic E-state index is 11.9. The van der Waals surface area contributed by atoms with Crippen LogP contribution >= 0.6 is 11.6 Å². The second-order valence-corrected chi connectivity index (χ2v) is 5.61. The number of carbonyl (C=O) groups is 1. The molecule has 7 heteroatoms. The first-order valence-electron chi connectivity index (χ1n) is 7.01. The van der Waals surface area contributed by atoms with Crippen LogP contribution in [0.3, 0.4) is 0 Å². The highest BCUT2D eigenvalue weighted by Gasteiger charge is 2.16. The number of nitrogens with one attached hydrogen (secondary N) is 2. The molecule has 1 saturated heterocycles. The van der Waals surface area contributed by atoms with Crippen LogP contribution < -0.4 is 10.6 Å². The van der Waals surface area contributed by atoms with Crippen LogP contribution in [0.4, 0.5) is 11.4 Å². The Balaban J connectivity index is 1.84. The molecule has 1 aliphatic heterocycles. The van der Waals surface area contributed by atoms with Gasteiger partial charge in [-0.1, -0.05) is 11.6 Å². The number of benzene rings is 1. The minimum Gasteiger partial charge on any atom is -0.326 e. The Morgan fingerprint density at radius 2 is 2.14 bits per heavy atom. The highest BCUT2D eigenvalue weighted by atomic mass is 35.5. The number of nitro benzene ring substituents is 1. The lowest BCUT2D eigenvalue weighted by Crippen LogP contribution is -2.28. The van der Waals surface area contributed by atoms with Crippen molar-refractivity contribution in [1.82, 2.24) is 5.32 Å². The van der Waals surface area contributed by atoms with Crippen molar-refractivity contribution in [2.45, 2.75) is 25.7 Å². The van der Waals surface area contributed by atoms with Crippen molar-refractivity contribution in [1.29, 1.82) is 0 Å². The number of hydrogen-bond donors (Lipinski definition) is 2. The summed E-state index contributed by atoms with van der Waals surface area (Å²) < 4.78 is 0. The van der Waals surface area contributed by atoms with E-state index in [4.69, 9.17) is 11.6 Å². The maximum Gasteiger partial charge on any atom is 0.288 e. The van der Waals surface area contributed by atoms with E-state index in [1.807, 2.05) is 0 Å². The number of nitrogens with zero attached hydrogens (tertiary/aromatic N) is 1. The first-order chi connectivity index (χ1) is 10.1. The zero-order chi connectivity index (χ0) is 15.2. The molecule has 21 heavy (non-hydrogen) atoms. The van der Waals surface area contributed by atoms with Gasteiger partial charge in [0.05, 0.1) is 4.92 Å². The highest BCUT2D eigenvalue weighted by molar-refractivity contribution is 6.33. The molecule has 2 N–H and O–H groups in total. The molecule has 0 aliphatic carbocycles. The SMILES string of the molecule is O=C(CCC1CCNCC1)Nc1ccc([N+](=O)[O-])c(Cl)c1. The minimum atomic E-state index is -0.551. The first-order valence-corrected chi connectivity index (χ1v) is 7.38. The Bertz CT molecular complexity index is 530. The molecule has 1 fully saturated rings. The van der Waals surface area contributed by atoms with Gasteiger partial charge in [0.15, 0.2) is 0 Å². The number of rotatable bonds is 5. The predicted octanol–water partition coefficient (Wildman–Crippen LogP) is 2.97. The summed E-state index contributed by atoms with van der Waals surface area (Å²) in [7, 11) is 0. The van der Waals surface area contributed by atoms with E-state index in [0.717, 1.165) is 32.4 Å². The molecule has 1 aromatic rings. The quantitative estimate of drug-likeness (QED) is 0.646. The van der Waals surface area contributed by atoms with Crippen molar-refractivity contribution in [3.05, 3.63) is 33.3 Å². The Labute approximate surface area is 128 Å². The molecule has 1 aromatic carbocycles. The van der Waals surface area contributed by atoms with Gasteiger partial charge in [-0.15, -0.1) is 0 Å². The van der Waals surface area contributed by atoms with Crippen LogP contribution in [0, 0.1) is 16.0 Å². The molecule has 1 aliphatic rings. The number of anilines is 1. The molecule has 1 heterocycles. The third kappa shape index (κ3) is 4.68. The Morgan fingerprint density at radius 3 is 2.76 bits per heavy atom. The summed E-state index contributed by atoms with van der Waals surface area (Å²) in [4.78, 5) is 22.0.